The van der Waals surface area contributed by atoms with E-state index in [4.69, 9.17) is 23.6 Å². The normalized spacial score (nSPS) is 13.6. The molecule has 0 saturated heterocycles. The summed E-state index contributed by atoms with van der Waals surface area (Å²) in [4.78, 5) is 0. The van der Waals surface area contributed by atoms with E-state index in [0.717, 1.165) is 0 Å². The molecule has 0 nitrogen and oxygen atoms in total. The second-order valence-corrected chi connectivity index (χ2v) is 23.9. The summed E-state index contributed by atoms with van der Waals surface area (Å²) in [5.41, 5.74) is 0. The van der Waals surface area contributed by atoms with E-state index in [2.05, 4.69) is 26.7 Å². The average Bonchev–Trinajstić information content (AvgIpc) is 1.57. The van der Waals surface area contributed by atoms with Gasteiger partial charge in [-0.15, -0.1) is 0 Å². The van der Waals surface area contributed by atoms with E-state index < -0.39 is 10.5 Å². The van der Waals surface area contributed by atoms with E-state index in [9.17, 15) is 0 Å². The third-order valence-corrected chi connectivity index (χ3v) is 15.7. The molecule has 0 heterocycles. The van der Waals surface area contributed by atoms with Gasteiger partial charge in [-0.3, -0.25) is 0 Å². The van der Waals surface area contributed by atoms with Crippen molar-refractivity contribution in [1.82, 2.24) is 0 Å². The van der Waals surface area contributed by atoms with Crippen LogP contribution in [0.25, 0.3) is 0 Å². The van der Waals surface area contributed by atoms with E-state index in [-0.39, 0.29) is 0 Å². The predicted octanol–water partition coefficient (Wildman–Crippen LogP) is 3.68. The highest BCUT2D eigenvalue weighted by molar-refractivity contribution is 9.19. The highest BCUT2D eigenvalue weighted by Gasteiger charge is 2.08. The molecule has 0 spiro atoms. The molecule has 0 N–H and O–H groups in total. The minimum absolute atomic E-state index is 1.09. The zero-order valence-corrected chi connectivity index (χ0v) is 11.6. The first kappa shape index (κ1) is 12.0. The van der Waals surface area contributed by atoms with Crippen LogP contribution in [0.2, 0.25) is 0 Å². The summed E-state index contributed by atoms with van der Waals surface area (Å²) in [5, 5.41) is -2.18. The van der Waals surface area contributed by atoms with Crippen molar-refractivity contribution in [1.29, 1.82) is 0 Å². The summed E-state index contributed by atoms with van der Waals surface area (Å²) < 4.78 is 0. The lowest BCUT2D eigenvalue weighted by molar-refractivity contribution is 2.29. The highest BCUT2D eigenvalue weighted by atomic mass is 33.5. The van der Waals surface area contributed by atoms with Gasteiger partial charge in [0.25, 0.3) is 0 Å². The molecule has 0 bridgehead atoms. The van der Waals surface area contributed by atoms with Gasteiger partial charge in [0.2, 0.25) is 0 Å². The van der Waals surface area contributed by atoms with Gasteiger partial charge in [-0.05, 0) is 26.7 Å². The van der Waals surface area contributed by atoms with Crippen LogP contribution in [-0.2, 0) is 23.6 Å². The topological polar surface area (TPSA) is 0 Å². The Morgan fingerprint density at radius 2 is 1.00 bits per heavy atom. The molecule has 0 unspecified atom stereocenters. The van der Waals surface area contributed by atoms with Gasteiger partial charge in [0, 0.05) is 10.5 Å². The van der Waals surface area contributed by atoms with E-state index in [1.807, 2.05) is 20.8 Å². The number of hydrogen-bond donors (Lipinski definition) is 0. The second-order valence-electron chi connectivity index (χ2n) is 2.65. The maximum absolute atomic E-state index is 5.28. The van der Waals surface area contributed by atoms with Gasteiger partial charge in [0.05, 0.1) is 0 Å². The molecule has 10 heavy (non-hydrogen) atoms. The number of hydrogen-bond acceptors (Lipinski definition) is 4. The Kier molecular flexibility index (Phi) is 5.16. The van der Waals surface area contributed by atoms with Gasteiger partial charge in [0.1, 0.15) is 0 Å². The molecule has 0 radical (unpaired) electrons. The van der Waals surface area contributed by atoms with Crippen molar-refractivity contribution in [3.05, 3.63) is 0 Å². The fraction of sp³-hybridized carbons (Fsp3) is 1.00. The van der Waals surface area contributed by atoms with Gasteiger partial charge in [-0.25, -0.2) is 0 Å². The van der Waals surface area contributed by atoms with Crippen molar-refractivity contribution in [3.63, 3.8) is 0 Å². The summed E-state index contributed by atoms with van der Waals surface area (Å²) in [6.07, 6.45) is 0. The Morgan fingerprint density at radius 1 is 0.800 bits per heavy atom. The lowest BCUT2D eigenvalue weighted by atomic mass is 11.9. The fourth-order valence-electron chi connectivity index (χ4n) is 0.161. The van der Waals surface area contributed by atoms with Crippen molar-refractivity contribution in [2.24, 2.45) is 0 Å². The van der Waals surface area contributed by atoms with Crippen molar-refractivity contribution < 1.29 is 0 Å². The monoisotopic (exact) mass is 250 g/mol. The Hall–Kier alpha value is 2.00. The second kappa shape index (κ2) is 4.30. The van der Waals surface area contributed by atoms with E-state index in [0.29, 0.717) is 0 Å². The van der Waals surface area contributed by atoms with E-state index in [1.165, 1.54) is 0 Å². The summed E-state index contributed by atoms with van der Waals surface area (Å²) in [6, 6.07) is 0. The first-order valence-electron chi connectivity index (χ1n) is 2.69. The van der Waals surface area contributed by atoms with Crippen LogP contribution in [0.15, 0.2) is 0 Å². The van der Waals surface area contributed by atoms with Gasteiger partial charge in [-0.1, -0.05) is 44.4 Å². The molecule has 0 aromatic carbocycles. The lowest BCUT2D eigenvalue weighted by Gasteiger charge is -2.12. The first-order valence-corrected chi connectivity index (χ1v) is 13.4. The van der Waals surface area contributed by atoms with Crippen molar-refractivity contribution >= 4 is 54.9 Å². The fourth-order valence-corrected chi connectivity index (χ4v) is 17.4. The summed E-state index contributed by atoms with van der Waals surface area (Å²) in [7, 11) is 3.66. The summed E-state index contributed by atoms with van der Waals surface area (Å²) in [5.74, 6) is 0. The van der Waals surface area contributed by atoms with Crippen LogP contribution in [0.4, 0.5) is 0 Å². The molecule has 0 aromatic heterocycles. The average molecular weight is 250 g/mol. The van der Waals surface area contributed by atoms with Crippen LogP contribution >= 0.6 is 31.3 Å². The molecular weight excluding hydrogens is 238 g/mol. The molecule has 0 aromatic rings. The Labute approximate surface area is 81.2 Å². The molecule has 0 aliphatic carbocycles. The SMILES string of the molecule is CP(C)(=S)SSP(C)(C)=S. The zero-order chi connectivity index (χ0) is 8.41. The van der Waals surface area contributed by atoms with Gasteiger partial charge in [-0.2, -0.15) is 0 Å². The molecule has 0 atom stereocenters. The molecule has 0 rings (SSSR count). The highest BCUT2D eigenvalue weighted by Crippen LogP contribution is 2.70. The molecule has 0 amide bonds. The first-order chi connectivity index (χ1) is 4.21. The molecule has 0 aliphatic heterocycles. The van der Waals surface area contributed by atoms with Crippen LogP contribution in [0.3, 0.4) is 0 Å². The van der Waals surface area contributed by atoms with Crippen molar-refractivity contribution in [3.8, 4) is 0 Å². The summed E-state index contributed by atoms with van der Waals surface area (Å²) in [6.45, 7) is 8.58. The Morgan fingerprint density at radius 3 is 1.10 bits per heavy atom. The largest absolute Gasteiger partial charge is 0.0857 e. The van der Waals surface area contributed by atoms with Crippen LogP contribution in [-0.4, -0.2) is 26.7 Å². The Balaban J connectivity index is 3.79. The van der Waals surface area contributed by atoms with Crippen molar-refractivity contribution in [2.45, 2.75) is 0 Å². The maximum atomic E-state index is 5.28. The molecular formula is C4H12P2S4. The minimum atomic E-state index is -1.09. The lowest BCUT2D eigenvalue weighted by Crippen LogP contribution is -1.63. The van der Waals surface area contributed by atoms with Crippen LogP contribution < -0.4 is 0 Å². The predicted molar refractivity (Wildman–Crippen MR) is 67.4 cm³/mol. The van der Waals surface area contributed by atoms with Gasteiger partial charge >= 0.3 is 0 Å². The standard InChI is InChI=1S/C4H12P2S4/c1-5(2,7)9-10-6(3,4)8/h1-4H3. The minimum Gasteiger partial charge on any atom is -0.0857 e. The molecule has 62 valence electrons. The van der Waals surface area contributed by atoms with Crippen molar-refractivity contribution in [2.75, 3.05) is 26.7 Å². The summed E-state index contributed by atoms with van der Waals surface area (Å²) >= 11 is 10.6. The molecule has 0 fully saturated rings. The quantitative estimate of drug-likeness (QED) is 0.553. The number of rotatable bonds is 3. The zero-order valence-electron chi connectivity index (χ0n) is 6.53. The smallest absolute Gasteiger partial charge is 0.0123 e. The molecule has 0 aliphatic rings. The van der Waals surface area contributed by atoms with Crippen LogP contribution in [0.5, 0.6) is 0 Å². The van der Waals surface area contributed by atoms with Gasteiger partial charge in [0.15, 0.2) is 0 Å². The molecule has 6 heteroatoms. The Bertz CT molecular complexity index is 165. The van der Waals surface area contributed by atoms with E-state index in [1.54, 1.807) is 0 Å². The third-order valence-electron chi connectivity index (χ3n) is 0.392. The molecule has 0 saturated carbocycles. The van der Waals surface area contributed by atoms with Crippen LogP contribution in [0, 0.1) is 0 Å². The third kappa shape index (κ3) is 10.0. The van der Waals surface area contributed by atoms with Crippen LogP contribution in [0.1, 0.15) is 0 Å². The van der Waals surface area contributed by atoms with E-state index >= 15 is 0 Å². The van der Waals surface area contributed by atoms with Gasteiger partial charge < -0.3 is 0 Å². The maximum Gasteiger partial charge on any atom is 0.0123 e.